The van der Waals surface area contributed by atoms with Crippen molar-refractivity contribution in [1.82, 2.24) is 0 Å². The number of rotatable bonds is 12. The van der Waals surface area contributed by atoms with Gasteiger partial charge in [0.1, 0.15) is 46.5 Å². The van der Waals surface area contributed by atoms with Gasteiger partial charge in [-0.25, -0.2) is 35.1 Å². The number of carbonyl (C=O) groups is 4. The van der Waals surface area contributed by atoms with Crippen molar-refractivity contribution >= 4 is 23.9 Å². The summed E-state index contributed by atoms with van der Waals surface area (Å²) in [6.07, 6.45) is 5.11. The van der Waals surface area contributed by atoms with Crippen LogP contribution < -0.4 is 20.4 Å². The first-order valence-corrected chi connectivity index (χ1v) is 31.8. The molecule has 2 aliphatic heterocycles. The molecule has 0 aromatic heterocycles. The Morgan fingerprint density at radius 2 is 0.327 bits per heavy atom. The molecule has 2 saturated heterocycles. The molecule has 104 heavy (non-hydrogen) atoms. The minimum atomic E-state index is -1.34. The Balaban J connectivity index is 0.000000184. The monoisotopic (exact) mass is 1490 g/mol. The van der Waals surface area contributed by atoms with Crippen LogP contribution >= 0.6 is 0 Å². The number of aromatic carboxylic acids is 4. The molecular formula is C84H60F8Mn2O10. The number of carboxylic acid groups (broad SMARTS) is 4. The van der Waals surface area contributed by atoms with Crippen molar-refractivity contribution in [3.8, 4) is 89.0 Å². The largest absolute Gasteiger partial charge is 2.00 e. The number of carboxylic acids is 4. The molecule has 12 aromatic carbocycles. The Bertz CT molecular complexity index is 3940. The fourth-order valence-corrected chi connectivity index (χ4v) is 11.1. The predicted octanol–water partition coefficient (Wildman–Crippen LogP) is 16.2. The first kappa shape index (κ1) is 80.2. The fraction of sp³-hybridized carbons (Fsp3) is 0.0952. The first-order valence-electron chi connectivity index (χ1n) is 31.8. The quantitative estimate of drug-likeness (QED) is 0.0844. The van der Waals surface area contributed by atoms with Gasteiger partial charge in [-0.15, -0.1) is 0 Å². The second-order valence-electron chi connectivity index (χ2n) is 22.8. The minimum Gasteiger partial charge on any atom is -0.545 e. The van der Waals surface area contributed by atoms with Crippen molar-refractivity contribution in [2.24, 2.45) is 0 Å². The van der Waals surface area contributed by atoms with Crippen LogP contribution in [-0.2, 0) is 43.6 Å². The minimum absolute atomic E-state index is 0. The summed E-state index contributed by atoms with van der Waals surface area (Å²) in [6.45, 7) is 4.00. The van der Waals surface area contributed by atoms with E-state index in [-0.39, 0.29) is 56.4 Å². The van der Waals surface area contributed by atoms with E-state index < -0.39 is 70.4 Å². The molecule has 2 heterocycles. The van der Waals surface area contributed by atoms with E-state index in [1.165, 1.54) is 220 Å². The van der Waals surface area contributed by atoms with Crippen LogP contribution in [0.5, 0.6) is 0 Å². The van der Waals surface area contributed by atoms with Crippen LogP contribution in [0.25, 0.3) is 89.0 Å². The van der Waals surface area contributed by atoms with Crippen LogP contribution in [0.1, 0.15) is 67.1 Å². The molecule has 0 spiro atoms. The summed E-state index contributed by atoms with van der Waals surface area (Å²) in [7, 11) is 0. The van der Waals surface area contributed by atoms with E-state index in [2.05, 4.69) is 0 Å². The Labute approximate surface area is 615 Å². The van der Waals surface area contributed by atoms with Crippen LogP contribution in [0.3, 0.4) is 0 Å². The molecule has 0 unspecified atom stereocenters. The van der Waals surface area contributed by atoms with Gasteiger partial charge in [-0.3, -0.25) is 0 Å². The molecular weight excluding hydrogens is 1430 g/mol. The van der Waals surface area contributed by atoms with Crippen molar-refractivity contribution in [1.29, 1.82) is 0 Å². The van der Waals surface area contributed by atoms with Crippen LogP contribution in [0.2, 0.25) is 0 Å². The topological polar surface area (TPSA) is 179 Å². The fourth-order valence-electron chi connectivity index (χ4n) is 11.1. The third-order valence-electron chi connectivity index (χ3n) is 16.0. The molecule has 0 bridgehead atoms. The zero-order valence-corrected chi connectivity index (χ0v) is 57.3. The average molecular weight is 1490 g/mol. The first-order chi connectivity index (χ1) is 49.2. The van der Waals surface area contributed by atoms with Crippen molar-refractivity contribution in [2.75, 3.05) is 26.4 Å². The van der Waals surface area contributed by atoms with Gasteiger partial charge in [0.25, 0.3) is 0 Å². The van der Waals surface area contributed by atoms with Gasteiger partial charge in [-0.2, -0.15) is 0 Å². The molecule has 0 amide bonds. The number of hydrogen-bond acceptors (Lipinski definition) is 10. The molecule has 526 valence electrons. The third kappa shape index (κ3) is 22.0. The SMILES string of the molecule is C1CCOC1.C1CCOC1.O=C([O-])c1c(-c2ccc(F)cc2)cccc1-c1ccc(F)cc1.O=C([O-])c1c(-c2ccc(F)cc2)cccc1-c1ccc(F)cc1.O=C([O-])c1c(-c2ccc(F)cc2)cccc1-c1ccc(F)cc1.O=C([O-])c1c(-c2ccc(F)cc2)cccc1-c1ccc(F)cc1.[Mn+2].[Mn+2]. The Morgan fingerprint density at radius 3 is 0.413 bits per heavy atom. The average Bonchev–Trinajstić information content (AvgIpc) is 0.876. The maximum absolute atomic E-state index is 13.1. The predicted molar refractivity (Wildman–Crippen MR) is 366 cm³/mol. The molecule has 0 atom stereocenters. The zero-order valence-electron chi connectivity index (χ0n) is 54.9. The van der Waals surface area contributed by atoms with Crippen LogP contribution in [0.4, 0.5) is 35.1 Å². The summed E-state index contributed by atoms with van der Waals surface area (Å²) in [5, 5.41) is 46.7. The van der Waals surface area contributed by atoms with E-state index >= 15 is 0 Å². The van der Waals surface area contributed by atoms with Gasteiger partial charge in [-0.05, 0) is 212 Å². The zero-order chi connectivity index (χ0) is 72.7. The van der Waals surface area contributed by atoms with Gasteiger partial charge in [0, 0.05) is 48.7 Å². The van der Waals surface area contributed by atoms with Crippen molar-refractivity contribution in [2.45, 2.75) is 25.7 Å². The smallest absolute Gasteiger partial charge is 0.545 e. The van der Waals surface area contributed by atoms with Crippen molar-refractivity contribution in [3.05, 3.63) is 336 Å². The Hall–Kier alpha value is -11.1. The Morgan fingerprint density at radius 1 is 0.212 bits per heavy atom. The molecule has 0 aliphatic carbocycles. The number of ether oxygens (including phenoxy) is 2. The van der Waals surface area contributed by atoms with Gasteiger partial charge in [0.15, 0.2) is 0 Å². The normalized spacial score (nSPS) is 11.6. The van der Waals surface area contributed by atoms with Crippen LogP contribution in [0.15, 0.2) is 267 Å². The molecule has 10 nitrogen and oxygen atoms in total. The van der Waals surface area contributed by atoms with Crippen LogP contribution in [0, 0.1) is 46.5 Å². The maximum atomic E-state index is 13.1. The van der Waals surface area contributed by atoms with E-state index in [0.29, 0.717) is 89.0 Å². The summed E-state index contributed by atoms with van der Waals surface area (Å²) >= 11 is 0. The molecule has 2 fully saturated rings. The number of halogens is 8. The molecule has 12 aromatic rings. The summed E-state index contributed by atoms with van der Waals surface area (Å²) in [6, 6.07) is 64.1. The summed E-state index contributed by atoms with van der Waals surface area (Å²) < 4.78 is 115. The van der Waals surface area contributed by atoms with E-state index in [1.807, 2.05) is 0 Å². The maximum Gasteiger partial charge on any atom is 2.00 e. The molecule has 20 heteroatoms. The number of carbonyl (C=O) groups excluding carboxylic acids is 4. The van der Waals surface area contributed by atoms with Gasteiger partial charge < -0.3 is 49.1 Å². The number of benzene rings is 12. The van der Waals surface area contributed by atoms with Crippen molar-refractivity contribution < 1.29 is 118 Å². The summed E-state index contributed by atoms with van der Waals surface area (Å²) in [4.78, 5) is 46.7. The molecule has 14 rings (SSSR count). The van der Waals surface area contributed by atoms with Crippen LogP contribution in [-0.4, -0.2) is 50.3 Å². The molecule has 2 radical (unpaired) electrons. The van der Waals surface area contributed by atoms with E-state index in [4.69, 9.17) is 9.47 Å². The number of hydrogen-bond donors (Lipinski definition) is 0. The Kier molecular flexibility index (Phi) is 30.4. The second kappa shape index (κ2) is 39.4. The van der Waals surface area contributed by atoms with Gasteiger partial charge in [0.05, 0.1) is 23.9 Å². The van der Waals surface area contributed by atoms with E-state index in [9.17, 15) is 74.7 Å². The standard InChI is InChI=1S/4C19H12F2O2.2C4H8O.2Mn/c4*20-14-8-4-12(5-9-14)16-2-1-3-17(18(16)19(22)23)13-6-10-15(21)11-7-13;2*1-2-4-5-3-1;;/h4*1-11H,(H,22,23);2*1-4H2;;/q;;;;;;2*+2/p-4. The summed E-state index contributed by atoms with van der Waals surface area (Å²) in [5.74, 6) is -8.61. The van der Waals surface area contributed by atoms with E-state index in [1.54, 1.807) is 72.8 Å². The second-order valence-corrected chi connectivity index (χ2v) is 22.8. The third-order valence-corrected chi connectivity index (χ3v) is 16.0. The van der Waals surface area contributed by atoms with Gasteiger partial charge in [-0.1, -0.05) is 170 Å². The van der Waals surface area contributed by atoms with Gasteiger partial charge in [0.2, 0.25) is 0 Å². The van der Waals surface area contributed by atoms with Gasteiger partial charge >= 0.3 is 34.1 Å². The molecule has 0 N–H and O–H groups in total. The molecule has 2 aliphatic rings. The molecule has 0 saturated carbocycles. The summed E-state index contributed by atoms with van der Waals surface area (Å²) in [5.41, 5.74) is 7.86. The van der Waals surface area contributed by atoms with Crippen molar-refractivity contribution in [3.63, 3.8) is 0 Å². The van der Waals surface area contributed by atoms with E-state index in [0.717, 1.165) is 26.4 Å².